The lowest BCUT2D eigenvalue weighted by atomic mass is 9.85. The SMILES string of the molecule is CCc1c2c(nc3ccc(O)cc13)-c1cc3c(c(=O)n1C2)COC(=O)[C@@]3(CC)OC(=O)C(C)N. The average Bonchev–Trinajstić information content (AvgIpc) is 3.18. The average molecular weight is 463 g/mol. The Labute approximate surface area is 195 Å². The molecule has 3 aromatic rings. The topological polar surface area (TPSA) is 134 Å². The molecule has 5 rings (SSSR count). The third-order valence-electron chi connectivity index (χ3n) is 6.76. The quantitative estimate of drug-likeness (QED) is 0.440. The van der Waals surface area contributed by atoms with Crippen molar-refractivity contribution in [2.45, 2.75) is 58.4 Å². The smallest absolute Gasteiger partial charge is 0.355 e. The molecule has 2 aliphatic rings. The van der Waals surface area contributed by atoms with Gasteiger partial charge in [-0.25, -0.2) is 9.78 Å². The van der Waals surface area contributed by atoms with Gasteiger partial charge in [-0.3, -0.25) is 9.59 Å². The molecule has 0 saturated carbocycles. The molecule has 3 N–H and O–H groups in total. The summed E-state index contributed by atoms with van der Waals surface area (Å²) in [5.74, 6) is -1.34. The zero-order valence-electron chi connectivity index (χ0n) is 19.2. The van der Waals surface area contributed by atoms with Crippen LogP contribution >= 0.6 is 0 Å². The lowest BCUT2D eigenvalue weighted by molar-refractivity contribution is -0.190. The van der Waals surface area contributed by atoms with E-state index in [9.17, 15) is 19.5 Å². The van der Waals surface area contributed by atoms with Crippen LogP contribution < -0.4 is 11.3 Å². The highest BCUT2D eigenvalue weighted by molar-refractivity contribution is 5.91. The van der Waals surface area contributed by atoms with E-state index in [0.717, 1.165) is 16.5 Å². The first-order chi connectivity index (χ1) is 16.2. The zero-order valence-corrected chi connectivity index (χ0v) is 19.2. The molecule has 9 heteroatoms. The van der Waals surface area contributed by atoms with Crippen LogP contribution in [0.5, 0.6) is 5.75 Å². The second kappa shape index (κ2) is 7.66. The number of carbonyl (C=O) groups is 2. The van der Waals surface area contributed by atoms with E-state index in [1.165, 1.54) is 6.92 Å². The first-order valence-electron chi connectivity index (χ1n) is 11.3. The van der Waals surface area contributed by atoms with Crippen LogP contribution in [0.2, 0.25) is 0 Å². The third-order valence-corrected chi connectivity index (χ3v) is 6.76. The number of nitrogens with two attached hydrogens (primary N) is 1. The van der Waals surface area contributed by atoms with Crippen molar-refractivity contribution in [3.8, 4) is 17.1 Å². The number of rotatable bonds is 4. The van der Waals surface area contributed by atoms with Gasteiger partial charge in [-0.05, 0) is 49.6 Å². The summed E-state index contributed by atoms with van der Waals surface area (Å²) >= 11 is 0. The highest BCUT2D eigenvalue weighted by Crippen LogP contribution is 2.42. The molecule has 0 radical (unpaired) electrons. The number of cyclic esters (lactones) is 1. The second-order valence-corrected chi connectivity index (χ2v) is 8.75. The Hall–Kier alpha value is -3.72. The first kappa shape index (κ1) is 22.1. The standard InChI is InChI=1S/C25H25N3O6/c1-4-14-15-8-13(29)6-7-19(15)27-21-16(14)10-28-20(21)9-18-17(22(28)30)11-33-24(32)25(18,5-2)34-23(31)12(3)26/h6-9,12,29H,4-5,10-11,26H2,1-3H3/t12?,25-/m0/s1. The summed E-state index contributed by atoms with van der Waals surface area (Å²) in [5, 5.41) is 10.8. The molecule has 1 unspecified atom stereocenters. The summed E-state index contributed by atoms with van der Waals surface area (Å²) in [6.07, 6.45) is 0.761. The Balaban J connectivity index is 1.78. The zero-order chi connectivity index (χ0) is 24.4. The fourth-order valence-electron chi connectivity index (χ4n) is 4.98. The maximum Gasteiger partial charge on any atom is 0.355 e. The lowest BCUT2D eigenvalue weighted by Gasteiger charge is -2.36. The molecule has 0 spiro atoms. The van der Waals surface area contributed by atoms with Gasteiger partial charge < -0.3 is 24.9 Å². The summed E-state index contributed by atoms with van der Waals surface area (Å²) in [7, 11) is 0. The van der Waals surface area contributed by atoms with E-state index in [1.807, 2.05) is 6.92 Å². The van der Waals surface area contributed by atoms with Gasteiger partial charge in [0.1, 0.15) is 18.4 Å². The molecule has 2 aliphatic heterocycles. The number of esters is 2. The van der Waals surface area contributed by atoms with Gasteiger partial charge in [0, 0.05) is 16.5 Å². The summed E-state index contributed by atoms with van der Waals surface area (Å²) in [6.45, 7) is 5.28. The number of ether oxygens (including phenoxy) is 2. The molecular formula is C25H25N3O6. The van der Waals surface area contributed by atoms with E-state index < -0.39 is 23.6 Å². The molecule has 9 nitrogen and oxygen atoms in total. The number of hydrogen-bond acceptors (Lipinski definition) is 8. The number of aromatic nitrogens is 2. The lowest BCUT2D eigenvalue weighted by Crippen LogP contribution is -2.49. The van der Waals surface area contributed by atoms with E-state index in [1.54, 1.807) is 35.8 Å². The molecule has 2 aromatic heterocycles. The molecule has 4 heterocycles. The number of carbonyl (C=O) groups excluding carboxylic acids is 2. The summed E-state index contributed by atoms with van der Waals surface area (Å²) < 4.78 is 12.6. The predicted molar refractivity (Wildman–Crippen MR) is 123 cm³/mol. The molecule has 1 aromatic carbocycles. The molecule has 176 valence electrons. The van der Waals surface area contributed by atoms with Gasteiger partial charge in [-0.15, -0.1) is 0 Å². The summed E-state index contributed by atoms with van der Waals surface area (Å²) in [6, 6.07) is 5.76. The van der Waals surface area contributed by atoms with Crippen LogP contribution in [-0.4, -0.2) is 32.6 Å². The number of aromatic hydroxyl groups is 1. The minimum atomic E-state index is -1.76. The van der Waals surface area contributed by atoms with Gasteiger partial charge in [-0.1, -0.05) is 13.8 Å². The maximum atomic E-state index is 13.6. The molecule has 0 aliphatic carbocycles. The van der Waals surface area contributed by atoms with E-state index in [4.69, 9.17) is 20.2 Å². The Morgan fingerprint density at radius 2 is 2.06 bits per heavy atom. The van der Waals surface area contributed by atoms with Crippen molar-refractivity contribution in [1.29, 1.82) is 0 Å². The van der Waals surface area contributed by atoms with Crippen LogP contribution in [0.1, 0.15) is 49.4 Å². The van der Waals surface area contributed by atoms with Crippen LogP contribution in [0.3, 0.4) is 0 Å². The van der Waals surface area contributed by atoms with Gasteiger partial charge in [0.05, 0.1) is 29.0 Å². The highest BCUT2D eigenvalue weighted by atomic mass is 16.6. The second-order valence-electron chi connectivity index (χ2n) is 8.75. The van der Waals surface area contributed by atoms with E-state index in [0.29, 0.717) is 35.4 Å². The molecule has 0 fully saturated rings. The number of benzene rings is 1. The first-order valence-corrected chi connectivity index (χ1v) is 11.3. The fourth-order valence-corrected chi connectivity index (χ4v) is 4.98. The van der Waals surface area contributed by atoms with Crippen LogP contribution in [-0.2, 0) is 44.2 Å². The van der Waals surface area contributed by atoms with Crippen LogP contribution in [0, 0.1) is 0 Å². The number of phenolic OH excluding ortho intramolecular Hbond substituents is 1. The molecule has 34 heavy (non-hydrogen) atoms. The van der Waals surface area contributed by atoms with E-state index >= 15 is 0 Å². The van der Waals surface area contributed by atoms with Crippen molar-refractivity contribution >= 4 is 22.8 Å². The van der Waals surface area contributed by atoms with Crippen molar-refractivity contribution in [1.82, 2.24) is 9.55 Å². The number of pyridine rings is 2. The number of aryl methyl sites for hydroxylation is 1. The van der Waals surface area contributed by atoms with Crippen molar-refractivity contribution in [2.24, 2.45) is 5.73 Å². The molecule has 0 amide bonds. The van der Waals surface area contributed by atoms with Gasteiger partial charge in [-0.2, -0.15) is 0 Å². The van der Waals surface area contributed by atoms with Crippen molar-refractivity contribution in [3.05, 3.63) is 56.9 Å². The minimum absolute atomic E-state index is 0.0810. The Morgan fingerprint density at radius 1 is 1.29 bits per heavy atom. The highest BCUT2D eigenvalue weighted by Gasteiger charge is 2.50. The number of hydrogen-bond donors (Lipinski definition) is 2. The number of fused-ring (bicyclic) bond motifs is 5. The van der Waals surface area contributed by atoms with Gasteiger partial charge >= 0.3 is 11.9 Å². The molecule has 0 saturated heterocycles. The van der Waals surface area contributed by atoms with Crippen LogP contribution in [0.15, 0.2) is 29.1 Å². The largest absolute Gasteiger partial charge is 0.508 e. The molecular weight excluding hydrogens is 438 g/mol. The van der Waals surface area contributed by atoms with Gasteiger partial charge in [0.25, 0.3) is 5.56 Å². The molecule has 2 atom stereocenters. The maximum absolute atomic E-state index is 13.6. The minimum Gasteiger partial charge on any atom is -0.508 e. The summed E-state index contributed by atoms with van der Waals surface area (Å²) in [5.41, 5.74) is 7.97. The third kappa shape index (κ3) is 2.96. The van der Waals surface area contributed by atoms with E-state index in [-0.39, 0.29) is 29.9 Å². The Bertz CT molecular complexity index is 1440. The van der Waals surface area contributed by atoms with Crippen molar-refractivity contribution in [3.63, 3.8) is 0 Å². The Morgan fingerprint density at radius 3 is 2.74 bits per heavy atom. The molecule has 0 bridgehead atoms. The number of nitrogens with zero attached hydrogens (tertiary/aromatic N) is 2. The normalized spacial score (nSPS) is 19.2. The Kier molecular flexibility index (Phi) is 4.98. The predicted octanol–water partition coefficient (Wildman–Crippen LogP) is 2.25. The van der Waals surface area contributed by atoms with Crippen molar-refractivity contribution in [2.75, 3.05) is 0 Å². The van der Waals surface area contributed by atoms with Gasteiger partial charge in [0.2, 0.25) is 5.60 Å². The van der Waals surface area contributed by atoms with Crippen LogP contribution in [0.4, 0.5) is 0 Å². The fraction of sp³-hybridized carbons (Fsp3) is 0.360. The van der Waals surface area contributed by atoms with Gasteiger partial charge in [0.15, 0.2) is 0 Å². The monoisotopic (exact) mass is 463 g/mol. The number of phenols is 1. The van der Waals surface area contributed by atoms with Crippen LogP contribution in [0.25, 0.3) is 22.3 Å². The van der Waals surface area contributed by atoms with Crippen molar-refractivity contribution < 1.29 is 24.2 Å². The van der Waals surface area contributed by atoms with E-state index in [2.05, 4.69) is 0 Å². The summed E-state index contributed by atoms with van der Waals surface area (Å²) in [4.78, 5) is 43.8.